The second-order valence-corrected chi connectivity index (χ2v) is 4.20. The molecule has 0 spiro atoms. The first-order chi connectivity index (χ1) is 9.93. The predicted molar refractivity (Wildman–Crippen MR) is 81.7 cm³/mol. The van der Waals surface area contributed by atoms with E-state index >= 15 is 0 Å². The maximum atomic E-state index is 11.4. The van der Waals surface area contributed by atoms with E-state index in [4.69, 9.17) is 0 Å². The second-order valence-electron chi connectivity index (χ2n) is 4.20. The van der Waals surface area contributed by atoms with Crippen molar-refractivity contribution in [3.63, 3.8) is 0 Å². The molecule has 0 radical (unpaired) electrons. The van der Waals surface area contributed by atoms with Crippen molar-refractivity contribution < 1.29 is 49.0 Å². The molecule has 0 aliphatic heterocycles. The first kappa shape index (κ1) is 23.0. The van der Waals surface area contributed by atoms with Crippen LogP contribution >= 0.6 is 0 Å². The minimum atomic E-state index is -1.32. The van der Waals surface area contributed by atoms with Gasteiger partial charge in [0.15, 0.2) is 0 Å². The van der Waals surface area contributed by atoms with Gasteiger partial charge >= 0.3 is 35.5 Å². The fraction of sp³-hybridized carbons (Fsp3) is 0.375. The minimum Gasteiger partial charge on any atom is -0.550 e. The van der Waals surface area contributed by atoms with E-state index in [9.17, 15) is 14.7 Å². The summed E-state index contributed by atoms with van der Waals surface area (Å²) in [4.78, 5) is 24.0. The SMILES string of the molecule is CC.COC(=O)/C(=C/c1ccc(N(C)C)cc1)CC(=O)[O-].[Na+]. The van der Waals surface area contributed by atoms with Crippen molar-refractivity contribution in [3.8, 4) is 0 Å². The van der Waals surface area contributed by atoms with Crippen LogP contribution < -0.4 is 39.6 Å². The molecule has 1 aromatic carbocycles. The molecule has 22 heavy (non-hydrogen) atoms. The number of methoxy groups -OCH3 is 1. The van der Waals surface area contributed by atoms with Crippen molar-refractivity contribution in [2.75, 3.05) is 26.1 Å². The number of anilines is 1. The van der Waals surface area contributed by atoms with Gasteiger partial charge in [0.25, 0.3) is 0 Å². The van der Waals surface area contributed by atoms with Crippen LogP contribution in [0.2, 0.25) is 0 Å². The van der Waals surface area contributed by atoms with Crippen LogP contribution in [-0.2, 0) is 14.3 Å². The van der Waals surface area contributed by atoms with E-state index in [-0.39, 0.29) is 35.1 Å². The molecule has 0 fully saturated rings. The zero-order valence-electron chi connectivity index (χ0n) is 14.2. The summed E-state index contributed by atoms with van der Waals surface area (Å²) in [6.07, 6.45) is 1.02. The number of ether oxygens (including phenoxy) is 1. The molecule has 0 unspecified atom stereocenters. The van der Waals surface area contributed by atoms with Crippen LogP contribution in [0.4, 0.5) is 5.69 Å². The summed E-state index contributed by atoms with van der Waals surface area (Å²) in [5.41, 5.74) is 1.80. The zero-order valence-corrected chi connectivity index (χ0v) is 16.2. The number of hydrogen-bond acceptors (Lipinski definition) is 5. The largest absolute Gasteiger partial charge is 1.00 e. The molecular formula is C16H22NNaO4. The average molecular weight is 315 g/mol. The Morgan fingerprint density at radius 1 is 1.18 bits per heavy atom. The van der Waals surface area contributed by atoms with Crippen LogP contribution in [0.3, 0.4) is 0 Å². The quantitative estimate of drug-likeness (QED) is 0.375. The van der Waals surface area contributed by atoms with E-state index < -0.39 is 18.4 Å². The Kier molecular flexibility index (Phi) is 12.8. The minimum absolute atomic E-state index is 0. The normalized spacial score (nSPS) is 9.77. The molecule has 0 saturated heterocycles. The van der Waals surface area contributed by atoms with Crippen LogP contribution in [-0.4, -0.2) is 33.1 Å². The third-order valence-corrected chi connectivity index (χ3v) is 2.53. The van der Waals surface area contributed by atoms with E-state index in [1.807, 2.05) is 45.0 Å². The smallest absolute Gasteiger partial charge is 0.550 e. The number of carbonyl (C=O) groups is 2. The van der Waals surface area contributed by atoms with E-state index in [1.165, 1.54) is 13.2 Å². The third kappa shape index (κ3) is 8.22. The van der Waals surface area contributed by atoms with Crippen molar-refractivity contribution >= 4 is 23.7 Å². The van der Waals surface area contributed by atoms with Gasteiger partial charge in [-0.1, -0.05) is 26.0 Å². The third-order valence-electron chi connectivity index (χ3n) is 2.53. The number of esters is 1. The summed E-state index contributed by atoms with van der Waals surface area (Å²) in [6, 6.07) is 7.35. The Labute approximate surface area is 154 Å². The summed E-state index contributed by atoms with van der Waals surface area (Å²) in [7, 11) is 5.04. The molecule has 0 bridgehead atoms. The van der Waals surface area contributed by atoms with Crippen molar-refractivity contribution in [1.29, 1.82) is 0 Å². The van der Waals surface area contributed by atoms with Crippen molar-refractivity contribution in [2.45, 2.75) is 20.3 Å². The standard InChI is InChI=1S/C14H17NO4.C2H6.Na/c1-15(2)12-6-4-10(5-7-12)8-11(9-13(16)17)14(18)19-3;1-2;/h4-8H,9H2,1-3H3,(H,16,17);1-2H3;/q;;+1/p-1/b11-8+;;. The fourth-order valence-electron chi connectivity index (χ4n) is 1.54. The number of carboxylic acids is 1. The molecule has 0 aliphatic rings. The van der Waals surface area contributed by atoms with Crippen LogP contribution in [0.5, 0.6) is 0 Å². The molecule has 0 amide bonds. The topological polar surface area (TPSA) is 69.7 Å². The van der Waals surface area contributed by atoms with Gasteiger partial charge in [-0.3, -0.25) is 0 Å². The fourth-order valence-corrected chi connectivity index (χ4v) is 1.54. The second kappa shape index (κ2) is 12.3. The average Bonchev–Trinajstić information content (AvgIpc) is 2.48. The Morgan fingerprint density at radius 2 is 1.68 bits per heavy atom. The first-order valence-corrected chi connectivity index (χ1v) is 6.70. The van der Waals surface area contributed by atoms with E-state index in [0.717, 1.165) is 11.3 Å². The summed E-state index contributed by atoms with van der Waals surface area (Å²) < 4.78 is 4.54. The van der Waals surface area contributed by atoms with Gasteiger partial charge in [0.2, 0.25) is 0 Å². The maximum Gasteiger partial charge on any atom is 1.00 e. The summed E-state index contributed by atoms with van der Waals surface area (Å²) in [5, 5.41) is 10.6. The number of nitrogens with zero attached hydrogens (tertiary/aromatic N) is 1. The molecule has 0 aliphatic carbocycles. The molecule has 0 atom stereocenters. The van der Waals surface area contributed by atoms with Gasteiger partial charge in [0.1, 0.15) is 0 Å². The van der Waals surface area contributed by atoms with E-state index in [1.54, 1.807) is 12.1 Å². The van der Waals surface area contributed by atoms with Crippen molar-refractivity contribution in [1.82, 2.24) is 0 Å². The number of carbonyl (C=O) groups excluding carboxylic acids is 2. The molecule has 0 heterocycles. The van der Waals surface area contributed by atoms with Gasteiger partial charge in [0, 0.05) is 37.7 Å². The molecule has 5 nitrogen and oxygen atoms in total. The first-order valence-electron chi connectivity index (χ1n) is 6.70. The summed E-state index contributed by atoms with van der Waals surface area (Å²) >= 11 is 0. The van der Waals surface area contributed by atoms with Crippen LogP contribution in [0, 0.1) is 0 Å². The van der Waals surface area contributed by atoms with Crippen LogP contribution in [0.25, 0.3) is 6.08 Å². The Balaban J connectivity index is 0. The molecular weight excluding hydrogens is 293 g/mol. The van der Waals surface area contributed by atoms with E-state index in [0.29, 0.717) is 0 Å². The van der Waals surface area contributed by atoms with Gasteiger partial charge < -0.3 is 19.5 Å². The number of hydrogen-bond donors (Lipinski definition) is 0. The van der Waals surface area contributed by atoms with Gasteiger partial charge in [0.05, 0.1) is 7.11 Å². The molecule has 1 aromatic rings. The van der Waals surface area contributed by atoms with Crippen LogP contribution in [0.1, 0.15) is 25.8 Å². The van der Waals surface area contributed by atoms with Crippen LogP contribution in [0.15, 0.2) is 29.8 Å². The summed E-state index contributed by atoms with van der Waals surface area (Å²) in [6.45, 7) is 4.00. The molecule has 0 saturated carbocycles. The Morgan fingerprint density at radius 3 is 2.05 bits per heavy atom. The molecule has 116 valence electrons. The molecule has 6 heteroatoms. The maximum absolute atomic E-state index is 11.4. The van der Waals surface area contributed by atoms with Gasteiger partial charge in [-0.15, -0.1) is 0 Å². The molecule has 0 aromatic heterocycles. The van der Waals surface area contributed by atoms with Gasteiger partial charge in [-0.25, -0.2) is 4.79 Å². The van der Waals surface area contributed by atoms with Gasteiger partial charge in [-0.05, 0) is 23.8 Å². The van der Waals surface area contributed by atoms with Crippen molar-refractivity contribution in [3.05, 3.63) is 35.4 Å². The zero-order chi connectivity index (χ0) is 16.4. The van der Waals surface area contributed by atoms with Crippen molar-refractivity contribution in [2.24, 2.45) is 0 Å². The predicted octanol–water partition coefficient (Wildman–Crippen LogP) is -1.52. The summed E-state index contributed by atoms with van der Waals surface area (Å²) in [5.74, 6) is -1.98. The number of carboxylic acid groups (broad SMARTS) is 1. The number of benzene rings is 1. The molecule has 1 rings (SSSR count). The number of aliphatic carboxylic acids is 1. The van der Waals surface area contributed by atoms with Gasteiger partial charge in [-0.2, -0.15) is 0 Å². The monoisotopic (exact) mass is 315 g/mol. The Bertz CT molecular complexity index is 495. The van der Waals surface area contributed by atoms with E-state index in [2.05, 4.69) is 4.74 Å². The Hall–Kier alpha value is -1.30. The molecule has 0 N–H and O–H groups in total. The number of rotatable bonds is 5.